The molecule has 0 radical (unpaired) electrons. The number of rotatable bonds is 3. The molecule has 1 aliphatic rings. The maximum absolute atomic E-state index is 5.88. The van der Waals surface area contributed by atoms with E-state index >= 15 is 0 Å². The third-order valence-electron chi connectivity index (χ3n) is 3.30. The first-order valence-electron chi connectivity index (χ1n) is 5.25. The Morgan fingerprint density at radius 3 is 2.73 bits per heavy atom. The summed E-state index contributed by atoms with van der Waals surface area (Å²) in [4.78, 5) is 4.17. The normalized spacial score (nSPS) is 19.9. The summed E-state index contributed by atoms with van der Waals surface area (Å²) in [6.45, 7) is 4.23. The molecule has 5 N–H and O–H groups in total. The molecule has 0 saturated heterocycles. The zero-order valence-electron chi connectivity index (χ0n) is 9.25. The largest absolute Gasteiger partial charge is 0.383 e. The number of nitrogens with zero attached hydrogens (tertiary/aromatic N) is 1. The Hall–Kier alpha value is -1.13. The highest BCUT2D eigenvalue weighted by Crippen LogP contribution is 2.54. The molecule has 0 bridgehead atoms. The van der Waals surface area contributed by atoms with Crippen LogP contribution in [0.3, 0.4) is 0 Å². The lowest BCUT2D eigenvalue weighted by molar-refractivity contribution is 0.372. The van der Waals surface area contributed by atoms with Crippen LogP contribution < -0.4 is 17.0 Å². The molecular weight excluding hydrogens is 188 g/mol. The molecule has 1 heterocycles. The number of aryl methyl sites for hydroxylation is 1. The molecule has 15 heavy (non-hydrogen) atoms. The summed E-state index contributed by atoms with van der Waals surface area (Å²) in [7, 11) is 0. The highest BCUT2D eigenvalue weighted by molar-refractivity contribution is 5.44. The van der Waals surface area contributed by atoms with Gasteiger partial charge in [0, 0.05) is 11.8 Å². The minimum Gasteiger partial charge on any atom is -0.383 e. The van der Waals surface area contributed by atoms with E-state index in [9.17, 15) is 0 Å². The van der Waals surface area contributed by atoms with Crippen molar-refractivity contribution in [2.45, 2.75) is 32.7 Å². The Labute approximate surface area is 90.0 Å². The van der Waals surface area contributed by atoms with Crippen LogP contribution in [0.5, 0.6) is 0 Å². The van der Waals surface area contributed by atoms with Gasteiger partial charge in [-0.1, -0.05) is 6.92 Å². The Morgan fingerprint density at radius 1 is 1.53 bits per heavy atom. The number of pyridine rings is 1. The van der Waals surface area contributed by atoms with Gasteiger partial charge in [-0.05, 0) is 36.8 Å². The Bertz CT molecular complexity index is 371. The van der Waals surface area contributed by atoms with Crippen molar-refractivity contribution in [3.63, 3.8) is 0 Å². The highest BCUT2D eigenvalue weighted by atomic mass is 15.2. The maximum atomic E-state index is 5.88. The van der Waals surface area contributed by atoms with Gasteiger partial charge >= 0.3 is 0 Å². The fourth-order valence-electron chi connectivity index (χ4n) is 1.99. The fourth-order valence-corrected chi connectivity index (χ4v) is 1.99. The van der Waals surface area contributed by atoms with Gasteiger partial charge in [0.25, 0.3) is 0 Å². The molecule has 1 aliphatic carbocycles. The predicted octanol–water partition coefficient (Wildman–Crippen LogP) is 1.28. The smallest absolute Gasteiger partial charge is 0.128 e. The molecule has 1 atom stereocenters. The lowest BCUT2D eigenvalue weighted by atomic mass is 9.92. The number of nitrogens with one attached hydrogen (secondary N) is 1. The monoisotopic (exact) mass is 206 g/mol. The summed E-state index contributed by atoms with van der Waals surface area (Å²) in [5.41, 5.74) is 11.1. The maximum Gasteiger partial charge on any atom is 0.128 e. The van der Waals surface area contributed by atoms with E-state index in [0.717, 1.165) is 11.1 Å². The van der Waals surface area contributed by atoms with Crippen LogP contribution in [0.2, 0.25) is 0 Å². The summed E-state index contributed by atoms with van der Waals surface area (Å²) in [5, 5.41) is 0. The second kappa shape index (κ2) is 3.47. The SMILES string of the molecule is Cc1cnc(N)c(C(NN)C2(C)CC2)c1. The van der Waals surface area contributed by atoms with E-state index < -0.39 is 0 Å². The van der Waals surface area contributed by atoms with Crippen LogP contribution in [0.25, 0.3) is 0 Å². The van der Waals surface area contributed by atoms with Gasteiger partial charge in [-0.3, -0.25) is 11.3 Å². The molecule has 0 amide bonds. The van der Waals surface area contributed by atoms with Crippen LogP contribution in [0, 0.1) is 12.3 Å². The Kier molecular flexibility index (Phi) is 2.40. The average molecular weight is 206 g/mol. The van der Waals surface area contributed by atoms with Crippen LogP contribution in [0.1, 0.15) is 36.9 Å². The number of nitrogen functional groups attached to an aromatic ring is 1. The van der Waals surface area contributed by atoms with Crippen LogP contribution in [0.15, 0.2) is 12.3 Å². The van der Waals surface area contributed by atoms with Gasteiger partial charge in [-0.25, -0.2) is 4.98 Å². The number of hydrazine groups is 1. The van der Waals surface area contributed by atoms with Gasteiger partial charge in [0.2, 0.25) is 0 Å². The first kappa shape index (κ1) is 10.4. The summed E-state index contributed by atoms with van der Waals surface area (Å²) in [6.07, 6.45) is 4.16. The molecule has 0 spiro atoms. The quantitative estimate of drug-likeness (QED) is 0.514. The average Bonchev–Trinajstić information content (AvgIpc) is 2.92. The third-order valence-corrected chi connectivity index (χ3v) is 3.30. The standard InChI is InChI=1S/C11H18N4/c1-7-5-8(10(12)14-6-7)9(15-13)11(2)3-4-11/h5-6,9,15H,3-4,13H2,1-2H3,(H2,12,14). The number of aromatic nitrogens is 1. The van der Waals surface area contributed by atoms with E-state index in [1.807, 2.05) is 6.92 Å². The molecule has 1 aromatic heterocycles. The van der Waals surface area contributed by atoms with Crippen molar-refractivity contribution < 1.29 is 0 Å². The molecule has 2 rings (SSSR count). The molecule has 0 aliphatic heterocycles. The lowest BCUT2D eigenvalue weighted by Crippen LogP contribution is -2.34. The highest BCUT2D eigenvalue weighted by Gasteiger charge is 2.45. The van der Waals surface area contributed by atoms with Gasteiger partial charge in [0.05, 0.1) is 6.04 Å². The predicted molar refractivity (Wildman–Crippen MR) is 60.8 cm³/mol. The fraction of sp³-hybridized carbons (Fsp3) is 0.545. The molecule has 1 fully saturated rings. The van der Waals surface area contributed by atoms with Gasteiger partial charge in [-0.15, -0.1) is 0 Å². The first-order chi connectivity index (χ1) is 7.07. The number of anilines is 1. The molecule has 1 unspecified atom stereocenters. The van der Waals surface area contributed by atoms with Crippen molar-refractivity contribution in [2.75, 3.05) is 5.73 Å². The zero-order valence-corrected chi connectivity index (χ0v) is 9.25. The molecule has 1 saturated carbocycles. The number of nitrogens with two attached hydrogens (primary N) is 2. The van der Waals surface area contributed by atoms with Crippen molar-refractivity contribution in [2.24, 2.45) is 11.3 Å². The van der Waals surface area contributed by atoms with Crippen molar-refractivity contribution in [1.82, 2.24) is 10.4 Å². The van der Waals surface area contributed by atoms with E-state index in [1.165, 1.54) is 12.8 Å². The van der Waals surface area contributed by atoms with E-state index in [2.05, 4.69) is 23.4 Å². The van der Waals surface area contributed by atoms with Crippen molar-refractivity contribution in [1.29, 1.82) is 0 Å². The van der Waals surface area contributed by atoms with Crippen LogP contribution in [-0.4, -0.2) is 4.98 Å². The number of hydrogen-bond donors (Lipinski definition) is 3. The Morgan fingerprint density at radius 2 is 2.20 bits per heavy atom. The lowest BCUT2D eigenvalue weighted by Gasteiger charge is -2.24. The Balaban J connectivity index is 2.37. The third kappa shape index (κ3) is 1.82. The zero-order chi connectivity index (χ0) is 11.1. The van der Waals surface area contributed by atoms with Gasteiger partial charge in [0.15, 0.2) is 0 Å². The van der Waals surface area contributed by atoms with Crippen molar-refractivity contribution in [3.8, 4) is 0 Å². The summed E-state index contributed by atoms with van der Waals surface area (Å²) >= 11 is 0. The van der Waals surface area contributed by atoms with Crippen LogP contribution in [-0.2, 0) is 0 Å². The first-order valence-corrected chi connectivity index (χ1v) is 5.25. The minimum absolute atomic E-state index is 0.116. The molecular formula is C11H18N4. The van der Waals surface area contributed by atoms with E-state index in [-0.39, 0.29) is 11.5 Å². The van der Waals surface area contributed by atoms with Crippen molar-refractivity contribution >= 4 is 5.82 Å². The van der Waals surface area contributed by atoms with Gasteiger partial charge < -0.3 is 5.73 Å². The van der Waals surface area contributed by atoms with Crippen molar-refractivity contribution in [3.05, 3.63) is 23.4 Å². The van der Waals surface area contributed by atoms with E-state index in [1.54, 1.807) is 6.20 Å². The second-order valence-electron chi connectivity index (χ2n) is 4.74. The van der Waals surface area contributed by atoms with E-state index in [4.69, 9.17) is 11.6 Å². The summed E-state index contributed by atoms with van der Waals surface area (Å²) in [5.74, 6) is 6.20. The summed E-state index contributed by atoms with van der Waals surface area (Å²) in [6, 6.07) is 2.18. The van der Waals surface area contributed by atoms with Gasteiger partial charge in [0.1, 0.15) is 5.82 Å². The molecule has 0 aromatic carbocycles. The summed E-state index contributed by atoms with van der Waals surface area (Å²) < 4.78 is 0. The number of hydrogen-bond acceptors (Lipinski definition) is 4. The molecule has 1 aromatic rings. The van der Waals surface area contributed by atoms with Crippen LogP contribution >= 0.6 is 0 Å². The van der Waals surface area contributed by atoms with E-state index in [0.29, 0.717) is 5.82 Å². The minimum atomic E-state index is 0.116. The molecule has 4 nitrogen and oxygen atoms in total. The second-order valence-corrected chi connectivity index (χ2v) is 4.74. The molecule has 82 valence electrons. The van der Waals surface area contributed by atoms with Gasteiger partial charge in [-0.2, -0.15) is 0 Å². The van der Waals surface area contributed by atoms with Crippen LogP contribution in [0.4, 0.5) is 5.82 Å². The molecule has 4 heteroatoms. The topological polar surface area (TPSA) is 77.0 Å².